The molecule has 0 spiro atoms. The molecule has 0 unspecified atom stereocenters. The molecule has 0 saturated heterocycles. The number of carbonyl (C=O) groups excluding carboxylic acids is 1. The first kappa shape index (κ1) is 14.0. The van der Waals surface area contributed by atoms with E-state index in [1.165, 1.54) is 0 Å². The predicted octanol–water partition coefficient (Wildman–Crippen LogP) is 2.61. The Morgan fingerprint density at radius 2 is 2.15 bits per heavy atom. The van der Waals surface area contributed by atoms with E-state index in [4.69, 9.17) is 10.2 Å². The zero-order valence-electron chi connectivity index (χ0n) is 11.6. The van der Waals surface area contributed by atoms with Crippen molar-refractivity contribution in [2.24, 2.45) is 0 Å². The second-order valence-electron chi connectivity index (χ2n) is 4.87. The third kappa shape index (κ3) is 3.54. The minimum absolute atomic E-state index is 0.0712. The molecule has 5 heteroatoms. The van der Waals surface area contributed by atoms with Crippen LogP contribution in [0.4, 0.5) is 11.4 Å². The highest BCUT2D eigenvalue weighted by molar-refractivity contribution is 6.00. The zero-order chi connectivity index (χ0) is 14.5. The van der Waals surface area contributed by atoms with Gasteiger partial charge in [-0.25, -0.2) is 0 Å². The Kier molecular flexibility index (Phi) is 4.30. The van der Waals surface area contributed by atoms with Crippen LogP contribution in [0.3, 0.4) is 0 Å². The summed E-state index contributed by atoms with van der Waals surface area (Å²) in [5, 5.41) is 6.05. The van der Waals surface area contributed by atoms with Gasteiger partial charge >= 0.3 is 0 Å². The first-order chi connectivity index (χ1) is 9.56. The van der Waals surface area contributed by atoms with E-state index in [1.807, 2.05) is 26.0 Å². The van der Waals surface area contributed by atoms with Gasteiger partial charge in [-0.3, -0.25) is 4.79 Å². The third-order valence-corrected chi connectivity index (χ3v) is 2.74. The van der Waals surface area contributed by atoms with Crippen molar-refractivity contribution in [2.75, 3.05) is 11.1 Å². The van der Waals surface area contributed by atoms with Crippen LogP contribution in [0.25, 0.3) is 0 Å². The zero-order valence-corrected chi connectivity index (χ0v) is 11.6. The number of hydrogen-bond donors (Lipinski definition) is 3. The fraction of sp³-hybridized carbons (Fsp3) is 0.267. The van der Waals surface area contributed by atoms with Crippen molar-refractivity contribution in [2.45, 2.75) is 26.4 Å². The molecule has 0 radical (unpaired) electrons. The van der Waals surface area contributed by atoms with Gasteiger partial charge in [-0.1, -0.05) is 0 Å². The van der Waals surface area contributed by atoms with Crippen molar-refractivity contribution in [1.29, 1.82) is 0 Å². The standard InChI is InChI=1S/C15H19N3O2/c1-10(2)18-15(19)13-8-11(16)5-6-14(13)17-9-12-4-3-7-20-12/h3-8,10,17H,9,16H2,1-2H3,(H,18,19). The largest absolute Gasteiger partial charge is 0.467 e. The highest BCUT2D eigenvalue weighted by Crippen LogP contribution is 2.20. The summed E-state index contributed by atoms with van der Waals surface area (Å²) in [6.07, 6.45) is 1.62. The second-order valence-corrected chi connectivity index (χ2v) is 4.87. The van der Waals surface area contributed by atoms with Crippen LogP contribution in [-0.4, -0.2) is 11.9 Å². The monoisotopic (exact) mass is 273 g/mol. The quantitative estimate of drug-likeness (QED) is 0.731. The first-order valence-corrected chi connectivity index (χ1v) is 6.53. The first-order valence-electron chi connectivity index (χ1n) is 6.53. The summed E-state index contributed by atoms with van der Waals surface area (Å²) in [5.74, 6) is 0.659. The second kappa shape index (κ2) is 6.14. The fourth-order valence-corrected chi connectivity index (χ4v) is 1.84. The Labute approximate surface area is 118 Å². The summed E-state index contributed by atoms with van der Waals surface area (Å²) >= 11 is 0. The smallest absolute Gasteiger partial charge is 0.253 e. The van der Waals surface area contributed by atoms with Crippen molar-refractivity contribution in [3.05, 3.63) is 47.9 Å². The minimum atomic E-state index is -0.144. The van der Waals surface area contributed by atoms with Crippen LogP contribution in [0.5, 0.6) is 0 Å². The summed E-state index contributed by atoms with van der Waals surface area (Å²) in [5.41, 5.74) is 7.58. The van der Waals surface area contributed by atoms with Gasteiger partial charge in [0.15, 0.2) is 0 Å². The SMILES string of the molecule is CC(C)NC(=O)c1cc(N)ccc1NCc1ccco1. The van der Waals surface area contributed by atoms with Gasteiger partial charge in [0.25, 0.3) is 5.91 Å². The number of anilines is 2. The Hall–Kier alpha value is -2.43. The van der Waals surface area contributed by atoms with Gasteiger partial charge in [-0.15, -0.1) is 0 Å². The van der Waals surface area contributed by atoms with E-state index in [-0.39, 0.29) is 11.9 Å². The maximum atomic E-state index is 12.2. The number of amides is 1. The number of nitrogens with two attached hydrogens (primary N) is 1. The van der Waals surface area contributed by atoms with Crippen LogP contribution < -0.4 is 16.4 Å². The summed E-state index contributed by atoms with van der Waals surface area (Å²) in [4.78, 5) is 12.2. The number of carbonyl (C=O) groups is 1. The molecule has 1 heterocycles. The summed E-state index contributed by atoms with van der Waals surface area (Å²) in [7, 11) is 0. The predicted molar refractivity (Wildman–Crippen MR) is 79.5 cm³/mol. The molecule has 20 heavy (non-hydrogen) atoms. The van der Waals surface area contributed by atoms with Gasteiger partial charge in [-0.2, -0.15) is 0 Å². The van der Waals surface area contributed by atoms with Gasteiger partial charge in [0.1, 0.15) is 5.76 Å². The molecule has 1 aromatic heterocycles. The van der Waals surface area contributed by atoms with E-state index >= 15 is 0 Å². The molecule has 2 aromatic rings. The van der Waals surface area contributed by atoms with Gasteiger partial charge in [-0.05, 0) is 44.2 Å². The Morgan fingerprint density at radius 1 is 1.35 bits per heavy atom. The van der Waals surface area contributed by atoms with Gasteiger partial charge in [0, 0.05) is 17.4 Å². The Morgan fingerprint density at radius 3 is 2.80 bits per heavy atom. The molecule has 0 saturated carbocycles. The average molecular weight is 273 g/mol. The van der Waals surface area contributed by atoms with Gasteiger partial charge in [0.05, 0.1) is 18.4 Å². The van der Waals surface area contributed by atoms with E-state index < -0.39 is 0 Å². The van der Waals surface area contributed by atoms with Crippen molar-refractivity contribution >= 4 is 17.3 Å². The van der Waals surface area contributed by atoms with E-state index in [0.29, 0.717) is 17.8 Å². The van der Waals surface area contributed by atoms with Crippen LogP contribution >= 0.6 is 0 Å². The summed E-state index contributed by atoms with van der Waals surface area (Å²) in [6, 6.07) is 9.00. The molecule has 0 aliphatic rings. The average Bonchev–Trinajstić information content (AvgIpc) is 2.89. The highest BCUT2D eigenvalue weighted by Gasteiger charge is 2.13. The van der Waals surface area contributed by atoms with Crippen molar-refractivity contribution in [3.63, 3.8) is 0 Å². The lowest BCUT2D eigenvalue weighted by Crippen LogP contribution is -2.30. The molecule has 2 rings (SSSR count). The molecular formula is C15H19N3O2. The summed E-state index contributed by atoms with van der Waals surface area (Å²) in [6.45, 7) is 4.35. The number of hydrogen-bond acceptors (Lipinski definition) is 4. The normalized spacial score (nSPS) is 10.6. The number of benzene rings is 1. The van der Waals surface area contributed by atoms with E-state index in [2.05, 4.69) is 10.6 Å². The molecule has 1 amide bonds. The maximum Gasteiger partial charge on any atom is 0.253 e. The molecule has 106 valence electrons. The molecule has 0 aliphatic carbocycles. The molecule has 0 fully saturated rings. The van der Waals surface area contributed by atoms with Crippen LogP contribution in [0.1, 0.15) is 30.0 Å². The molecule has 1 aromatic carbocycles. The number of rotatable bonds is 5. The van der Waals surface area contributed by atoms with Crippen LogP contribution in [0, 0.1) is 0 Å². The van der Waals surface area contributed by atoms with E-state index in [0.717, 1.165) is 11.4 Å². The van der Waals surface area contributed by atoms with Crippen LogP contribution in [0.2, 0.25) is 0 Å². The summed E-state index contributed by atoms with van der Waals surface area (Å²) < 4.78 is 5.26. The molecule has 0 bridgehead atoms. The van der Waals surface area contributed by atoms with E-state index in [1.54, 1.807) is 24.5 Å². The van der Waals surface area contributed by atoms with Crippen molar-refractivity contribution in [1.82, 2.24) is 5.32 Å². The lowest BCUT2D eigenvalue weighted by molar-refractivity contribution is 0.0944. The number of furan rings is 1. The molecule has 0 aliphatic heterocycles. The van der Waals surface area contributed by atoms with Crippen molar-refractivity contribution < 1.29 is 9.21 Å². The highest BCUT2D eigenvalue weighted by atomic mass is 16.3. The number of nitrogen functional groups attached to an aromatic ring is 1. The van der Waals surface area contributed by atoms with Crippen molar-refractivity contribution in [3.8, 4) is 0 Å². The Balaban J connectivity index is 2.16. The Bertz CT molecular complexity index is 577. The molecule has 5 nitrogen and oxygen atoms in total. The molecular weight excluding hydrogens is 254 g/mol. The minimum Gasteiger partial charge on any atom is -0.467 e. The third-order valence-electron chi connectivity index (χ3n) is 2.74. The fourth-order valence-electron chi connectivity index (χ4n) is 1.84. The molecule has 0 atom stereocenters. The maximum absolute atomic E-state index is 12.2. The van der Waals surface area contributed by atoms with E-state index in [9.17, 15) is 4.79 Å². The topological polar surface area (TPSA) is 80.3 Å². The van der Waals surface area contributed by atoms with Crippen LogP contribution in [-0.2, 0) is 6.54 Å². The number of nitrogens with one attached hydrogen (secondary N) is 2. The lowest BCUT2D eigenvalue weighted by Gasteiger charge is -2.14. The van der Waals surface area contributed by atoms with Gasteiger partial charge in [0.2, 0.25) is 0 Å². The van der Waals surface area contributed by atoms with Crippen LogP contribution in [0.15, 0.2) is 41.0 Å². The lowest BCUT2D eigenvalue weighted by atomic mass is 10.1. The van der Waals surface area contributed by atoms with Gasteiger partial charge < -0.3 is 20.8 Å². The molecule has 4 N–H and O–H groups in total.